The minimum atomic E-state index is -0.605. The van der Waals surface area contributed by atoms with Crippen LogP contribution in [0.4, 0.5) is 5.69 Å². The summed E-state index contributed by atoms with van der Waals surface area (Å²) in [5.74, 6) is 0.374. The highest BCUT2D eigenvalue weighted by Crippen LogP contribution is 2.33. The number of halogens is 1. The molecule has 0 saturated heterocycles. The lowest BCUT2D eigenvalue weighted by Gasteiger charge is -2.11. The van der Waals surface area contributed by atoms with Gasteiger partial charge in [0.1, 0.15) is 46.9 Å². The molecule has 13 heteroatoms. The monoisotopic (exact) mass is 622 g/mol. The Morgan fingerprint density at radius 3 is 2.56 bits per heavy atom. The summed E-state index contributed by atoms with van der Waals surface area (Å²) in [5, 5.41) is 11.2. The molecule has 1 amide bonds. The molecule has 0 aliphatic rings. The highest BCUT2D eigenvalue weighted by molar-refractivity contribution is 9.10. The van der Waals surface area contributed by atoms with Crippen LogP contribution in [-0.4, -0.2) is 41.1 Å². The lowest BCUT2D eigenvalue weighted by molar-refractivity contribution is -0.131. The fraction of sp³-hybridized carbons (Fsp3) is 0.179. The molecule has 0 radical (unpaired) electrons. The van der Waals surface area contributed by atoms with Gasteiger partial charge >= 0.3 is 5.97 Å². The van der Waals surface area contributed by atoms with Gasteiger partial charge in [0.2, 0.25) is 11.3 Å². The van der Waals surface area contributed by atoms with E-state index in [1.807, 2.05) is 0 Å². The molecule has 2 heterocycles. The van der Waals surface area contributed by atoms with E-state index in [0.29, 0.717) is 38.3 Å². The Balaban J connectivity index is 1.31. The third kappa shape index (κ3) is 6.14. The number of aromatic nitrogens is 3. The van der Waals surface area contributed by atoms with Gasteiger partial charge in [-0.05, 0) is 30.3 Å². The summed E-state index contributed by atoms with van der Waals surface area (Å²) in [6.45, 7) is 1.12. The first-order valence-corrected chi connectivity index (χ1v) is 13.0. The zero-order chi connectivity index (χ0) is 29.1. The van der Waals surface area contributed by atoms with Crippen molar-refractivity contribution in [1.82, 2.24) is 15.0 Å². The van der Waals surface area contributed by atoms with Crippen molar-refractivity contribution in [2.45, 2.75) is 20.1 Å². The van der Waals surface area contributed by atoms with E-state index in [4.69, 9.17) is 23.4 Å². The van der Waals surface area contributed by atoms with Gasteiger partial charge in [0.15, 0.2) is 11.5 Å². The molecule has 0 saturated carbocycles. The van der Waals surface area contributed by atoms with E-state index < -0.39 is 5.97 Å². The van der Waals surface area contributed by atoms with Crippen LogP contribution in [0.5, 0.6) is 23.0 Å². The molecule has 3 aromatic carbocycles. The van der Waals surface area contributed by atoms with E-state index in [-0.39, 0.29) is 47.0 Å². The summed E-state index contributed by atoms with van der Waals surface area (Å²) in [7, 11) is 3.04. The molecular formula is C28H23BrN4O8. The summed E-state index contributed by atoms with van der Waals surface area (Å²) < 4.78 is 29.6. The number of carbonyl (C=O) groups is 2. The zero-order valence-corrected chi connectivity index (χ0v) is 23.7. The van der Waals surface area contributed by atoms with Crippen LogP contribution in [0.1, 0.15) is 12.6 Å². The van der Waals surface area contributed by atoms with Crippen molar-refractivity contribution in [3.8, 4) is 23.0 Å². The van der Waals surface area contributed by atoms with Gasteiger partial charge in [-0.1, -0.05) is 21.1 Å². The molecular weight excluding hydrogens is 600 g/mol. The minimum Gasteiger partial charge on any atom is -0.493 e. The predicted octanol–water partition coefficient (Wildman–Crippen LogP) is 4.46. The third-order valence-corrected chi connectivity index (χ3v) is 6.37. The quantitative estimate of drug-likeness (QED) is 0.142. The molecule has 0 aliphatic heterocycles. The standard InChI is InChI=1S/C28H23BrN4O8/c1-15(34)40-24-10-19(11-25-27(24)28(36)20-8-16(29)4-6-21(20)41-25)39-14-18-12-33(32-31-18)13-26(35)30-17-5-7-22(37-2)23(9-17)38-3/h4-12H,13-14H2,1-3H3,(H,30,35). The van der Waals surface area contributed by atoms with Gasteiger partial charge in [-0.2, -0.15) is 0 Å². The van der Waals surface area contributed by atoms with Crippen LogP contribution < -0.4 is 29.7 Å². The summed E-state index contributed by atoms with van der Waals surface area (Å²) >= 11 is 3.35. The van der Waals surface area contributed by atoms with E-state index in [9.17, 15) is 14.4 Å². The Kier molecular flexibility index (Phi) is 7.88. The van der Waals surface area contributed by atoms with Crippen LogP contribution in [0.2, 0.25) is 0 Å². The number of fused-ring (bicyclic) bond motifs is 2. The number of amides is 1. The van der Waals surface area contributed by atoms with Crippen LogP contribution in [0.3, 0.4) is 0 Å². The number of esters is 1. The number of carbonyl (C=O) groups excluding carboxylic acids is 2. The topological polar surface area (TPSA) is 144 Å². The van der Waals surface area contributed by atoms with Crippen LogP contribution in [0.15, 0.2) is 68.4 Å². The molecule has 41 heavy (non-hydrogen) atoms. The van der Waals surface area contributed by atoms with E-state index in [2.05, 4.69) is 31.6 Å². The molecule has 0 spiro atoms. The summed E-state index contributed by atoms with van der Waals surface area (Å²) in [6.07, 6.45) is 1.56. The molecule has 0 unspecified atom stereocenters. The maximum atomic E-state index is 13.2. The van der Waals surface area contributed by atoms with Crippen LogP contribution >= 0.6 is 15.9 Å². The highest BCUT2D eigenvalue weighted by Gasteiger charge is 2.17. The molecule has 12 nitrogen and oxygen atoms in total. The minimum absolute atomic E-state index is 0.0103. The molecule has 0 fully saturated rings. The fourth-order valence-corrected chi connectivity index (χ4v) is 4.47. The number of hydrogen-bond acceptors (Lipinski definition) is 10. The van der Waals surface area contributed by atoms with Gasteiger partial charge < -0.3 is 28.7 Å². The van der Waals surface area contributed by atoms with Crippen LogP contribution in [0.25, 0.3) is 21.9 Å². The van der Waals surface area contributed by atoms with Gasteiger partial charge in [-0.3, -0.25) is 14.4 Å². The van der Waals surface area contributed by atoms with Crippen molar-refractivity contribution in [2.24, 2.45) is 0 Å². The van der Waals surface area contributed by atoms with Crippen molar-refractivity contribution in [3.05, 3.63) is 75.1 Å². The summed E-state index contributed by atoms with van der Waals surface area (Å²) in [5.41, 5.74) is 1.17. The number of benzene rings is 3. The number of hydrogen-bond donors (Lipinski definition) is 1. The Labute approximate surface area is 240 Å². The van der Waals surface area contributed by atoms with Crippen molar-refractivity contribution in [2.75, 3.05) is 19.5 Å². The second kappa shape index (κ2) is 11.7. The maximum Gasteiger partial charge on any atom is 0.308 e. The summed E-state index contributed by atoms with van der Waals surface area (Å²) in [6, 6.07) is 13.1. The summed E-state index contributed by atoms with van der Waals surface area (Å²) in [4.78, 5) is 37.5. The molecule has 2 aromatic heterocycles. The number of rotatable bonds is 9. The Bertz CT molecular complexity index is 1850. The van der Waals surface area contributed by atoms with Crippen LogP contribution in [-0.2, 0) is 22.7 Å². The average molecular weight is 623 g/mol. The SMILES string of the molecule is COc1ccc(NC(=O)Cn2cc(COc3cc(OC(C)=O)c4c(=O)c5cc(Br)ccc5oc4c3)nn2)cc1OC. The second-order valence-electron chi connectivity index (χ2n) is 8.77. The lowest BCUT2D eigenvalue weighted by Crippen LogP contribution is -2.19. The molecule has 0 atom stereocenters. The Hall–Kier alpha value is -4.91. The smallest absolute Gasteiger partial charge is 0.308 e. The highest BCUT2D eigenvalue weighted by atomic mass is 79.9. The average Bonchev–Trinajstić information content (AvgIpc) is 3.38. The molecule has 1 N–H and O–H groups in total. The number of nitrogens with one attached hydrogen (secondary N) is 1. The predicted molar refractivity (Wildman–Crippen MR) is 152 cm³/mol. The maximum absolute atomic E-state index is 13.2. The molecule has 0 bridgehead atoms. The number of ether oxygens (including phenoxy) is 4. The molecule has 0 aliphatic carbocycles. The molecule has 210 valence electrons. The first-order valence-electron chi connectivity index (χ1n) is 12.2. The third-order valence-electron chi connectivity index (χ3n) is 5.87. The lowest BCUT2D eigenvalue weighted by atomic mass is 10.1. The second-order valence-corrected chi connectivity index (χ2v) is 9.69. The number of nitrogens with zero attached hydrogens (tertiary/aromatic N) is 3. The van der Waals surface area contributed by atoms with Crippen molar-refractivity contribution in [1.29, 1.82) is 0 Å². The zero-order valence-electron chi connectivity index (χ0n) is 22.1. The Morgan fingerprint density at radius 1 is 1.00 bits per heavy atom. The van der Waals surface area contributed by atoms with E-state index >= 15 is 0 Å². The van der Waals surface area contributed by atoms with E-state index in [0.717, 1.165) is 0 Å². The van der Waals surface area contributed by atoms with Crippen molar-refractivity contribution >= 4 is 55.4 Å². The molecule has 5 rings (SSSR count). The molecule has 5 aromatic rings. The van der Waals surface area contributed by atoms with Gasteiger partial charge in [-0.25, -0.2) is 4.68 Å². The first-order chi connectivity index (χ1) is 19.7. The van der Waals surface area contributed by atoms with Gasteiger partial charge in [-0.15, -0.1) is 5.10 Å². The van der Waals surface area contributed by atoms with Crippen molar-refractivity contribution in [3.63, 3.8) is 0 Å². The number of anilines is 1. The Morgan fingerprint density at radius 2 is 1.80 bits per heavy atom. The number of methoxy groups -OCH3 is 2. The fourth-order valence-electron chi connectivity index (χ4n) is 4.11. The van der Waals surface area contributed by atoms with E-state index in [1.165, 1.54) is 38.0 Å². The van der Waals surface area contributed by atoms with Gasteiger partial charge in [0.05, 0.1) is 25.8 Å². The van der Waals surface area contributed by atoms with Crippen LogP contribution in [0, 0.1) is 0 Å². The normalized spacial score (nSPS) is 10.9. The van der Waals surface area contributed by atoms with E-state index in [1.54, 1.807) is 42.6 Å². The van der Waals surface area contributed by atoms with Gasteiger partial charge in [0, 0.05) is 35.3 Å². The van der Waals surface area contributed by atoms with Gasteiger partial charge in [0.25, 0.3) is 0 Å². The van der Waals surface area contributed by atoms with Crippen molar-refractivity contribution < 1.29 is 33.0 Å². The largest absolute Gasteiger partial charge is 0.493 e. The first kappa shape index (κ1) is 27.6.